The fraction of sp³-hybridized carbons (Fsp3) is 0.929. The summed E-state index contributed by atoms with van der Waals surface area (Å²) < 4.78 is 0. The highest BCUT2D eigenvalue weighted by atomic mass is 16.1. The van der Waals surface area contributed by atoms with Crippen LogP contribution in [-0.4, -0.2) is 32.0 Å². The lowest BCUT2D eigenvalue weighted by molar-refractivity contribution is -0.117. The smallest absolute Gasteiger partial charge is 0.146 e. The van der Waals surface area contributed by atoms with Crippen LogP contribution in [0.1, 0.15) is 57.8 Å². The minimum Gasteiger partial charge on any atom is -0.330 e. The van der Waals surface area contributed by atoms with Crippen LogP contribution < -0.4 is 16.8 Å². The molecular weight excluding hydrogens is 226 g/mol. The lowest BCUT2D eigenvalue weighted by Gasteiger charge is -2.04. The van der Waals surface area contributed by atoms with E-state index in [1.165, 1.54) is 38.5 Å². The molecule has 108 valence electrons. The molecule has 5 N–H and O–H groups in total. The molecule has 0 unspecified atom stereocenters. The summed E-state index contributed by atoms with van der Waals surface area (Å²) in [7, 11) is 0. The third kappa shape index (κ3) is 13.6. The molecule has 0 aromatic heterocycles. The zero-order chi connectivity index (χ0) is 13.5. The molecule has 0 atom stereocenters. The van der Waals surface area contributed by atoms with E-state index in [0.717, 1.165) is 32.5 Å². The van der Waals surface area contributed by atoms with Crippen molar-refractivity contribution in [3.05, 3.63) is 0 Å². The number of carbonyl (C=O) groups excluding carboxylic acids is 1. The van der Waals surface area contributed by atoms with Gasteiger partial charge in [0.05, 0.1) is 6.54 Å². The maximum absolute atomic E-state index is 11.0. The summed E-state index contributed by atoms with van der Waals surface area (Å²) in [4.78, 5) is 11.0. The van der Waals surface area contributed by atoms with Crippen LogP contribution in [0.15, 0.2) is 0 Å². The van der Waals surface area contributed by atoms with E-state index >= 15 is 0 Å². The van der Waals surface area contributed by atoms with Gasteiger partial charge in [0.2, 0.25) is 0 Å². The van der Waals surface area contributed by atoms with Gasteiger partial charge in [-0.3, -0.25) is 4.79 Å². The van der Waals surface area contributed by atoms with E-state index in [0.29, 0.717) is 6.42 Å². The Bertz CT molecular complexity index is 186. The Balaban J connectivity index is 2.97. The molecule has 0 bridgehead atoms. The Labute approximate surface area is 112 Å². The molecule has 0 aliphatic carbocycles. The summed E-state index contributed by atoms with van der Waals surface area (Å²) in [6, 6.07) is 0. The highest BCUT2D eigenvalue weighted by Crippen LogP contribution is 2.08. The predicted molar refractivity (Wildman–Crippen MR) is 77.5 cm³/mol. The molecule has 0 spiro atoms. The number of ketones is 1. The van der Waals surface area contributed by atoms with Gasteiger partial charge in [0, 0.05) is 6.42 Å². The maximum Gasteiger partial charge on any atom is 0.146 e. The lowest BCUT2D eigenvalue weighted by atomic mass is 10.1. The quantitative estimate of drug-likeness (QED) is 0.413. The van der Waals surface area contributed by atoms with Crippen LogP contribution in [0.3, 0.4) is 0 Å². The average molecular weight is 257 g/mol. The first-order valence-electron chi connectivity index (χ1n) is 7.43. The van der Waals surface area contributed by atoms with Gasteiger partial charge in [0.25, 0.3) is 0 Å². The topological polar surface area (TPSA) is 81.1 Å². The van der Waals surface area contributed by atoms with E-state index in [9.17, 15) is 4.79 Å². The molecule has 0 radical (unpaired) electrons. The standard InChI is InChI=1S/C14H31N3O/c15-10-8-12-17-11-7-5-3-1-2-4-6-9-14(18)13-16/h17H,1-13,15-16H2. The normalized spacial score (nSPS) is 10.8. The molecule has 0 saturated heterocycles. The van der Waals surface area contributed by atoms with Gasteiger partial charge in [0.15, 0.2) is 0 Å². The molecule has 18 heavy (non-hydrogen) atoms. The van der Waals surface area contributed by atoms with Gasteiger partial charge in [0.1, 0.15) is 5.78 Å². The van der Waals surface area contributed by atoms with E-state index in [-0.39, 0.29) is 12.3 Å². The van der Waals surface area contributed by atoms with Gasteiger partial charge in [-0.1, -0.05) is 32.1 Å². The number of nitrogens with one attached hydrogen (secondary N) is 1. The summed E-state index contributed by atoms with van der Waals surface area (Å²) in [5.41, 5.74) is 10.7. The molecular formula is C14H31N3O. The first kappa shape index (κ1) is 17.6. The number of rotatable bonds is 14. The highest BCUT2D eigenvalue weighted by Gasteiger charge is 1.97. The number of carbonyl (C=O) groups is 1. The summed E-state index contributed by atoms with van der Waals surface area (Å²) in [6.07, 6.45) is 10.3. The summed E-state index contributed by atoms with van der Waals surface area (Å²) in [5.74, 6) is 0.193. The third-order valence-electron chi connectivity index (χ3n) is 3.09. The minimum absolute atomic E-state index is 0.193. The number of hydrogen-bond donors (Lipinski definition) is 3. The highest BCUT2D eigenvalue weighted by molar-refractivity contribution is 5.80. The molecule has 0 saturated carbocycles. The average Bonchev–Trinajstić information content (AvgIpc) is 2.39. The largest absolute Gasteiger partial charge is 0.330 e. The molecule has 4 nitrogen and oxygen atoms in total. The first-order valence-corrected chi connectivity index (χ1v) is 7.43. The van der Waals surface area contributed by atoms with Crippen LogP contribution in [0.2, 0.25) is 0 Å². The minimum atomic E-state index is 0.193. The van der Waals surface area contributed by atoms with Crippen molar-refractivity contribution in [2.75, 3.05) is 26.2 Å². The van der Waals surface area contributed by atoms with Crippen LogP contribution >= 0.6 is 0 Å². The Morgan fingerprint density at radius 2 is 1.33 bits per heavy atom. The molecule has 0 aliphatic heterocycles. The Kier molecular flexibility index (Phi) is 14.2. The van der Waals surface area contributed by atoms with Crippen molar-refractivity contribution in [3.8, 4) is 0 Å². The van der Waals surface area contributed by atoms with Crippen molar-refractivity contribution >= 4 is 5.78 Å². The second kappa shape index (κ2) is 14.6. The van der Waals surface area contributed by atoms with Gasteiger partial charge < -0.3 is 16.8 Å². The van der Waals surface area contributed by atoms with Crippen LogP contribution in [0.5, 0.6) is 0 Å². The second-order valence-corrected chi connectivity index (χ2v) is 4.86. The molecule has 4 heteroatoms. The van der Waals surface area contributed by atoms with Crippen molar-refractivity contribution in [2.45, 2.75) is 57.8 Å². The zero-order valence-electron chi connectivity index (χ0n) is 11.8. The third-order valence-corrected chi connectivity index (χ3v) is 3.09. The fourth-order valence-corrected chi connectivity index (χ4v) is 1.91. The van der Waals surface area contributed by atoms with Crippen LogP contribution in [0, 0.1) is 0 Å². The number of hydrogen-bond acceptors (Lipinski definition) is 4. The van der Waals surface area contributed by atoms with Crippen molar-refractivity contribution in [1.82, 2.24) is 5.32 Å². The molecule has 0 aliphatic rings. The molecule has 0 amide bonds. The van der Waals surface area contributed by atoms with Crippen LogP contribution in [0.25, 0.3) is 0 Å². The zero-order valence-corrected chi connectivity index (χ0v) is 11.8. The maximum atomic E-state index is 11.0. The van der Waals surface area contributed by atoms with Crippen molar-refractivity contribution < 1.29 is 4.79 Å². The Morgan fingerprint density at radius 3 is 1.94 bits per heavy atom. The van der Waals surface area contributed by atoms with Crippen molar-refractivity contribution in [1.29, 1.82) is 0 Å². The fourth-order valence-electron chi connectivity index (χ4n) is 1.91. The molecule has 0 aromatic carbocycles. The van der Waals surface area contributed by atoms with Crippen molar-refractivity contribution in [3.63, 3.8) is 0 Å². The predicted octanol–water partition coefficient (Wildman–Crippen LogP) is 1.57. The number of Topliss-reactive ketones (excluding diaryl/α,β-unsaturated/α-hetero) is 1. The first-order chi connectivity index (χ1) is 8.81. The van der Waals surface area contributed by atoms with Crippen LogP contribution in [0.4, 0.5) is 0 Å². The lowest BCUT2D eigenvalue weighted by Crippen LogP contribution is -2.19. The summed E-state index contributed by atoms with van der Waals surface area (Å²) in [5, 5.41) is 3.39. The molecule has 0 heterocycles. The summed E-state index contributed by atoms with van der Waals surface area (Å²) >= 11 is 0. The van der Waals surface area contributed by atoms with Gasteiger partial charge in [-0.2, -0.15) is 0 Å². The monoisotopic (exact) mass is 257 g/mol. The van der Waals surface area contributed by atoms with Gasteiger partial charge in [-0.05, 0) is 38.9 Å². The SMILES string of the molecule is NCCCNCCCCCCCCCC(=O)CN. The van der Waals surface area contributed by atoms with Crippen molar-refractivity contribution in [2.24, 2.45) is 11.5 Å². The van der Waals surface area contributed by atoms with E-state index < -0.39 is 0 Å². The molecule has 0 aromatic rings. The van der Waals surface area contributed by atoms with E-state index in [1.807, 2.05) is 0 Å². The van der Waals surface area contributed by atoms with Gasteiger partial charge >= 0.3 is 0 Å². The van der Waals surface area contributed by atoms with Gasteiger partial charge in [-0.15, -0.1) is 0 Å². The number of unbranched alkanes of at least 4 members (excludes halogenated alkanes) is 6. The Hall–Kier alpha value is -0.450. The molecule has 0 rings (SSSR count). The van der Waals surface area contributed by atoms with Crippen LogP contribution in [-0.2, 0) is 4.79 Å². The second-order valence-electron chi connectivity index (χ2n) is 4.86. The van der Waals surface area contributed by atoms with E-state index in [4.69, 9.17) is 11.5 Å². The molecule has 0 fully saturated rings. The summed E-state index contributed by atoms with van der Waals surface area (Å²) in [6.45, 7) is 3.15. The van der Waals surface area contributed by atoms with E-state index in [2.05, 4.69) is 5.32 Å². The number of nitrogens with two attached hydrogens (primary N) is 2. The van der Waals surface area contributed by atoms with Gasteiger partial charge in [-0.25, -0.2) is 0 Å². The Morgan fingerprint density at radius 1 is 0.778 bits per heavy atom. The van der Waals surface area contributed by atoms with E-state index in [1.54, 1.807) is 0 Å².